The van der Waals surface area contributed by atoms with Crippen LogP contribution in [-0.4, -0.2) is 25.0 Å². The Bertz CT molecular complexity index is 427. The standard InChI is InChI=1S/C11H13F3N2O/c1-7-4-5-8(11(12,13)14)6-9(7)15-10(17)16(2)3/h4-6H,1-3H3,(H,15,17). The summed E-state index contributed by atoms with van der Waals surface area (Å²) in [6.45, 7) is 1.63. The average Bonchev–Trinajstić information content (AvgIpc) is 2.19. The Morgan fingerprint density at radius 3 is 2.35 bits per heavy atom. The third-order valence-electron chi connectivity index (χ3n) is 2.21. The van der Waals surface area contributed by atoms with Crippen molar-refractivity contribution in [1.29, 1.82) is 0 Å². The summed E-state index contributed by atoms with van der Waals surface area (Å²) < 4.78 is 37.4. The molecule has 0 spiro atoms. The van der Waals surface area contributed by atoms with Gasteiger partial charge in [-0.15, -0.1) is 0 Å². The predicted molar refractivity (Wildman–Crippen MR) is 58.9 cm³/mol. The highest BCUT2D eigenvalue weighted by molar-refractivity contribution is 5.89. The van der Waals surface area contributed by atoms with Crippen molar-refractivity contribution in [2.75, 3.05) is 19.4 Å². The molecule has 1 rings (SSSR count). The number of anilines is 1. The van der Waals surface area contributed by atoms with Gasteiger partial charge in [-0.1, -0.05) is 6.07 Å². The number of nitrogens with zero attached hydrogens (tertiary/aromatic N) is 1. The van der Waals surface area contributed by atoms with Gasteiger partial charge in [0.2, 0.25) is 0 Å². The largest absolute Gasteiger partial charge is 0.416 e. The van der Waals surface area contributed by atoms with E-state index in [-0.39, 0.29) is 5.69 Å². The highest BCUT2D eigenvalue weighted by Crippen LogP contribution is 2.32. The van der Waals surface area contributed by atoms with E-state index in [1.165, 1.54) is 25.1 Å². The quantitative estimate of drug-likeness (QED) is 0.811. The second-order valence-corrected chi connectivity index (χ2v) is 3.85. The molecule has 0 aliphatic heterocycles. The van der Waals surface area contributed by atoms with E-state index < -0.39 is 17.8 Å². The van der Waals surface area contributed by atoms with E-state index in [9.17, 15) is 18.0 Å². The minimum absolute atomic E-state index is 0.165. The fraction of sp³-hybridized carbons (Fsp3) is 0.364. The molecule has 0 atom stereocenters. The van der Waals surface area contributed by atoms with Crippen molar-refractivity contribution in [3.8, 4) is 0 Å². The number of benzene rings is 1. The van der Waals surface area contributed by atoms with Crippen LogP contribution in [0.3, 0.4) is 0 Å². The Balaban J connectivity index is 3.03. The first-order valence-electron chi connectivity index (χ1n) is 4.88. The Hall–Kier alpha value is -1.72. The van der Waals surface area contributed by atoms with Crippen molar-refractivity contribution in [2.24, 2.45) is 0 Å². The molecule has 0 bridgehead atoms. The van der Waals surface area contributed by atoms with E-state index in [4.69, 9.17) is 0 Å². The van der Waals surface area contributed by atoms with Crippen LogP contribution in [0.25, 0.3) is 0 Å². The van der Waals surface area contributed by atoms with Crippen LogP contribution in [0.2, 0.25) is 0 Å². The number of nitrogens with one attached hydrogen (secondary N) is 1. The van der Waals surface area contributed by atoms with Crippen LogP contribution < -0.4 is 5.32 Å². The maximum Gasteiger partial charge on any atom is 0.416 e. The van der Waals surface area contributed by atoms with E-state index in [1.54, 1.807) is 6.92 Å². The first-order chi connectivity index (χ1) is 7.71. The molecule has 2 amide bonds. The van der Waals surface area contributed by atoms with E-state index >= 15 is 0 Å². The molecule has 0 aliphatic rings. The Labute approximate surface area is 97.2 Å². The molecule has 1 N–H and O–H groups in total. The Morgan fingerprint density at radius 2 is 1.88 bits per heavy atom. The van der Waals surface area contributed by atoms with Crippen LogP contribution in [0.1, 0.15) is 11.1 Å². The number of hydrogen-bond acceptors (Lipinski definition) is 1. The number of rotatable bonds is 1. The molecule has 94 valence electrons. The highest BCUT2D eigenvalue weighted by Gasteiger charge is 2.30. The summed E-state index contributed by atoms with van der Waals surface area (Å²) in [5.41, 5.74) is -0.0381. The number of aryl methyl sites for hydroxylation is 1. The summed E-state index contributed by atoms with van der Waals surface area (Å²) in [6, 6.07) is 2.78. The lowest BCUT2D eigenvalue weighted by molar-refractivity contribution is -0.137. The van der Waals surface area contributed by atoms with Gasteiger partial charge in [0, 0.05) is 19.8 Å². The molecule has 17 heavy (non-hydrogen) atoms. The molecule has 0 aromatic heterocycles. The van der Waals surface area contributed by atoms with Crippen LogP contribution in [0.4, 0.5) is 23.7 Å². The summed E-state index contributed by atoms with van der Waals surface area (Å²) >= 11 is 0. The zero-order valence-corrected chi connectivity index (χ0v) is 9.72. The van der Waals surface area contributed by atoms with Crippen molar-refractivity contribution in [3.05, 3.63) is 29.3 Å². The Kier molecular flexibility index (Phi) is 3.65. The zero-order chi connectivity index (χ0) is 13.2. The highest BCUT2D eigenvalue weighted by atomic mass is 19.4. The molecule has 1 aromatic rings. The lowest BCUT2D eigenvalue weighted by Crippen LogP contribution is -2.27. The second kappa shape index (κ2) is 4.65. The second-order valence-electron chi connectivity index (χ2n) is 3.85. The van der Waals surface area contributed by atoms with Gasteiger partial charge >= 0.3 is 12.2 Å². The number of urea groups is 1. The molecule has 0 fully saturated rings. The number of halogens is 3. The van der Waals surface area contributed by atoms with E-state index in [0.717, 1.165) is 12.1 Å². The molecule has 0 saturated carbocycles. The third-order valence-corrected chi connectivity index (χ3v) is 2.21. The monoisotopic (exact) mass is 246 g/mol. The predicted octanol–water partition coefficient (Wildman–Crippen LogP) is 3.11. The molecule has 0 unspecified atom stereocenters. The van der Waals surface area contributed by atoms with Crippen molar-refractivity contribution < 1.29 is 18.0 Å². The summed E-state index contributed by atoms with van der Waals surface area (Å²) in [5.74, 6) is 0. The topological polar surface area (TPSA) is 32.3 Å². The maximum atomic E-state index is 12.5. The van der Waals surface area contributed by atoms with Gasteiger partial charge in [0.05, 0.1) is 5.56 Å². The molecule has 0 aliphatic carbocycles. The fourth-order valence-corrected chi connectivity index (χ4v) is 1.16. The van der Waals surface area contributed by atoms with Gasteiger partial charge in [-0.2, -0.15) is 13.2 Å². The van der Waals surface area contributed by atoms with Gasteiger partial charge in [0.25, 0.3) is 0 Å². The molecular formula is C11H13F3N2O. The van der Waals surface area contributed by atoms with Gasteiger partial charge in [0.1, 0.15) is 0 Å². The number of carbonyl (C=O) groups excluding carboxylic acids is 1. The van der Waals surface area contributed by atoms with Crippen LogP contribution in [0.15, 0.2) is 18.2 Å². The van der Waals surface area contributed by atoms with Crippen molar-refractivity contribution in [3.63, 3.8) is 0 Å². The average molecular weight is 246 g/mol. The molecular weight excluding hydrogens is 233 g/mol. The van der Waals surface area contributed by atoms with E-state index in [1.807, 2.05) is 0 Å². The van der Waals surface area contributed by atoms with Crippen LogP contribution >= 0.6 is 0 Å². The molecule has 3 nitrogen and oxygen atoms in total. The molecule has 6 heteroatoms. The smallest absolute Gasteiger partial charge is 0.331 e. The first kappa shape index (κ1) is 13.3. The number of carbonyl (C=O) groups is 1. The van der Waals surface area contributed by atoms with Crippen molar-refractivity contribution in [1.82, 2.24) is 4.90 Å². The molecule has 0 radical (unpaired) electrons. The lowest BCUT2D eigenvalue weighted by atomic mass is 10.1. The summed E-state index contributed by atoms with van der Waals surface area (Å²) in [4.78, 5) is 12.6. The van der Waals surface area contributed by atoms with Gasteiger partial charge in [0.15, 0.2) is 0 Å². The first-order valence-corrected chi connectivity index (χ1v) is 4.88. The number of hydrogen-bond donors (Lipinski definition) is 1. The Morgan fingerprint density at radius 1 is 1.29 bits per heavy atom. The number of alkyl halides is 3. The zero-order valence-electron chi connectivity index (χ0n) is 9.72. The summed E-state index contributed by atoms with van der Waals surface area (Å²) in [7, 11) is 3.02. The van der Waals surface area contributed by atoms with Crippen LogP contribution in [0, 0.1) is 6.92 Å². The SMILES string of the molecule is Cc1ccc(C(F)(F)F)cc1NC(=O)N(C)C. The number of amides is 2. The van der Waals surface area contributed by atoms with Crippen molar-refractivity contribution in [2.45, 2.75) is 13.1 Å². The van der Waals surface area contributed by atoms with E-state index in [0.29, 0.717) is 5.56 Å². The van der Waals surface area contributed by atoms with Crippen molar-refractivity contribution >= 4 is 11.7 Å². The summed E-state index contributed by atoms with van der Waals surface area (Å²) in [5, 5.41) is 2.41. The molecule has 1 aromatic carbocycles. The summed E-state index contributed by atoms with van der Waals surface area (Å²) in [6.07, 6.45) is -4.41. The van der Waals surface area contributed by atoms with Gasteiger partial charge in [-0.05, 0) is 24.6 Å². The van der Waals surface area contributed by atoms with Crippen LogP contribution in [0.5, 0.6) is 0 Å². The normalized spacial score (nSPS) is 11.2. The third kappa shape index (κ3) is 3.37. The molecule has 0 saturated heterocycles. The lowest BCUT2D eigenvalue weighted by Gasteiger charge is -2.15. The fourth-order valence-electron chi connectivity index (χ4n) is 1.16. The molecule has 0 heterocycles. The maximum absolute atomic E-state index is 12.5. The minimum Gasteiger partial charge on any atom is -0.331 e. The minimum atomic E-state index is -4.41. The van der Waals surface area contributed by atoms with Gasteiger partial charge < -0.3 is 10.2 Å². The van der Waals surface area contributed by atoms with Gasteiger partial charge in [-0.3, -0.25) is 0 Å². The van der Waals surface area contributed by atoms with Gasteiger partial charge in [-0.25, -0.2) is 4.79 Å². The van der Waals surface area contributed by atoms with E-state index in [2.05, 4.69) is 5.32 Å². The van der Waals surface area contributed by atoms with Crippen LogP contribution in [-0.2, 0) is 6.18 Å².